The number of imide groups is 1. The van der Waals surface area contributed by atoms with Crippen LogP contribution in [-0.2, 0) is 4.79 Å². The van der Waals surface area contributed by atoms with Crippen molar-refractivity contribution in [3.63, 3.8) is 0 Å². The third-order valence-electron chi connectivity index (χ3n) is 5.06. The lowest BCUT2D eigenvalue weighted by Gasteiger charge is -2.32. The molecule has 25 heavy (non-hydrogen) atoms. The molecule has 0 bridgehead atoms. The van der Waals surface area contributed by atoms with Crippen molar-refractivity contribution < 1.29 is 14.4 Å². The summed E-state index contributed by atoms with van der Waals surface area (Å²) in [6.45, 7) is 1.98. The van der Waals surface area contributed by atoms with Gasteiger partial charge in [0.1, 0.15) is 0 Å². The Labute approximate surface area is 151 Å². The SMILES string of the molecule is CC(C1CCCCC1)N1C(=O)SC(=Cc2ccc(C(N)=O)cc2)C1=O. The van der Waals surface area contributed by atoms with Crippen LogP contribution in [0.3, 0.4) is 0 Å². The number of hydrogen-bond acceptors (Lipinski definition) is 4. The molecule has 1 aliphatic heterocycles. The fraction of sp³-hybridized carbons (Fsp3) is 0.421. The highest BCUT2D eigenvalue weighted by Crippen LogP contribution is 2.37. The van der Waals surface area contributed by atoms with Crippen LogP contribution in [0.25, 0.3) is 6.08 Å². The Balaban J connectivity index is 1.76. The van der Waals surface area contributed by atoms with Crippen molar-refractivity contribution in [2.75, 3.05) is 0 Å². The highest BCUT2D eigenvalue weighted by atomic mass is 32.2. The molecule has 0 aromatic heterocycles. The lowest BCUT2D eigenvalue weighted by molar-refractivity contribution is -0.125. The van der Waals surface area contributed by atoms with E-state index in [0.717, 1.165) is 30.2 Å². The van der Waals surface area contributed by atoms with E-state index in [1.807, 2.05) is 6.92 Å². The van der Waals surface area contributed by atoms with E-state index in [2.05, 4.69) is 0 Å². The predicted octanol–water partition coefficient (Wildman–Crippen LogP) is 3.79. The number of amides is 3. The zero-order valence-electron chi connectivity index (χ0n) is 14.2. The van der Waals surface area contributed by atoms with Gasteiger partial charge in [0.2, 0.25) is 5.91 Å². The van der Waals surface area contributed by atoms with Crippen LogP contribution in [0.5, 0.6) is 0 Å². The zero-order valence-corrected chi connectivity index (χ0v) is 15.1. The molecule has 1 aromatic carbocycles. The second-order valence-electron chi connectivity index (χ2n) is 6.68. The summed E-state index contributed by atoms with van der Waals surface area (Å²) in [5.74, 6) is -0.309. The molecule has 2 aliphatic rings. The van der Waals surface area contributed by atoms with Gasteiger partial charge in [-0.25, -0.2) is 0 Å². The number of carbonyl (C=O) groups excluding carboxylic acids is 3. The first-order valence-corrected chi connectivity index (χ1v) is 9.46. The topological polar surface area (TPSA) is 80.5 Å². The second-order valence-corrected chi connectivity index (χ2v) is 7.67. The lowest BCUT2D eigenvalue weighted by Crippen LogP contribution is -2.42. The molecular formula is C19H22N2O3S. The number of rotatable bonds is 4. The van der Waals surface area contributed by atoms with Crippen LogP contribution >= 0.6 is 11.8 Å². The minimum Gasteiger partial charge on any atom is -0.366 e. The minimum atomic E-state index is -0.492. The Kier molecular flexibility index (Phi) is 5.27. The fourth-order valence-electron chi connectivity index (χ4n) is 3.55. The summed E-state index contributed by atoms with van der Waals surface area (Å²) in [5, 5.41) is -0.192. The molecule has 1 heterocycles. The van der Waals surface area contributed by atoms with Crippen LogP contribution in [0.1, 0.15) is 54.9 Å². The lowest BCUT2D eigenvalue weighted by atomic mass is 9.84. The van der Waals surface area contributed by atoms with Gasteiger partial charge in [0.05, 0.1) is 4.91 Å². The Hall–Kier alpha value is -2.08. The number of benzene rings is 1. The molecule has 1 saturated heterocycles. The molecule has 6 heteroatoms. The number of carbonyl (C=O) groups is 3. The molecule has 1 unspecified atom stereocenters. The molecule has 2 N–H and O–H groups in total. The van der Waals surface area contributed by atoms with Gasteiger partial charge < -0.3 is 5.73 Å². The van der Waals surface area contributed by atoms with Gasteiger partial charge in [-0.1, -0.05) is 31.4 Å². The van der Waals surface area contributed by atoms with E-state index in [-0.39, 0.29) is 17.2 Å². The largest absolute Gasteiger partial charge is 0.366 e. The van der Waals surface area contributed by atoms with E-state index < -0.39 is 5.91 Å². The van der Waals surface area contributed by atoms with Crippen molar-refractivity contribution in [3.8, 4) is 0 Å². The third-order valence-corrected chi connectivity index (χ3v) is 5.94. The van der Waals surface area contributed by atoms with Crippen molar-refractivity contribution in [3.05, 3.63) is 40.3 Å². The van der Waals surface area contributed by atoms with Gasteiger partial charge >= 0.3 is 0 Å². The molecule has 1 saturated carbocycles. The second kappa shape index (κ2) is 7.44. The smallest absolute Gasteiger partial charge is 0.293 e. The van der Waals surface area contributed by atoms with E-state index in [1.165, 1.54) is 24.2 Å². The Bertz CT molecular complexity index is 721. The number of nitrogens with zero attached hydrogens (tertiary/aromatic N) is 1. The summed E-state index contributed by atoms with van der Waals surface area (Å²) < 4.78 is 0. The third kappa shape index (κ3) is 3.79. The highest BCUT2D eigenvalue weighted by Gasteiger charge is 2.40. The Morgan fingerprint density at radius 1 is 1.20 bits per heavy atom. The van der Waals surface area contributed by atoms with Gasteiger partial charge in [0.15, 0.2) is 0 Å². The highest BCUT2D eigenvalue weighted by molar-refractivity contribution is 8.18. The van der Waals surface area contributed by atoms with Gasteiger partial charge in [0, 0.05) is 11.6 Å². The van der Waals surface area contributed by atoms with Crippen molar-refractivity contribution in [1.82, 2.24) is 4.90 Å². The van der Waals surface area contributed by atoms with Crippen LogP contribution in [0.4, 0.5) is 4.79 Å². The van der Waals surface area contributed by atoms with Crippen LogP contribution in [0.2, 0.25) is 0 Å². The summed E-state index contributed by atoms with van der Waals surface area (Å²) in [7, 11) is 0. The van der Waals surface area contributed by atoms with E-state index in [0.29, 0.717) is 16.4 Å². The zero-order chi connectivity index (χ0) is 18.0. The van der Waals surface area contributed by atoms with Crippen LogP contribution in [0.15, 0.2) is 29.2 Å². The normalized spacial score (nSPS) is 21.8. The van der Waals surface area contributed by atoms with Crippen LogP contribution < -0.4 is 5.73 Å². The average Bonchev–Trinajstić information content (AvgIpc) is 2.89. The molecule has 2 fully saturated rings. The first kappa shape index (κ1) is 17.7. The molecule has 3 rings (SSSR count). The molecule has 1 aliphatic carbocycles. The van der Waals surface area contributed by atoms with Gasteiger partial charge in [-0.3, -0.25) is 19.3 Å². The minimum absolute atomic E-state index is 0.0593. The van der Waals surface area contributed by atoms with Gasteiger partial charge in [0.25, 0.3) is 11.1 Å². The Morgan fingerprint density at radius 3 is 2.44 bits per heavy atom. The maximum absolute atomic E-state index is 12.7. The number of primary amides is 1. The van der Waals surface area contributed by atoms with Crippen molar-refractivity contribution in [2.45, 2.75) is 45.1 Å². The molecule has 1 atom stereocenters. The van der Waals surface area contributed by atoms with Gasteiger partial charge in [-0.15, -0.1) is 0 Å². The summed E-state index contributed by atoms with van der Waals surface area (Å²) in [6, 6.07) is 6.61. The van der Waals surface area contributed by atoms with Gasteiger partial charge in [-0.2, -0.15) is 0 Å². The van der Waals surface area contributed by atoms with Crippen LogP contribution in [0, 0.1) is 5.92 Å². The molecule has 5 nitrogen and oxygen atoms in total. The molecule has 132 valence electrons. The van der Waals surface area contributed by atoms with Crippen molar-refractivity contribution in [2.24, 2.45) is 11.7 Å². The quantitative estimate of drug-likeness (QED) is 0.830. The van der Waals surface area contributed by atoms with Gasteiger partial charge in [-0.05, 0) is 61.2 Å². The summed E-state index contributed by atoms with van der Waals surface area (Å²) in [6.07, 6.45) is 7.45. The molecule has 3 amide bonds. The maximum Gasteiger partial charge on any atom is 0.293 e. The fourth-order valence-corrected chi connectivity index (χ4v) is 4.47. The number of thioether (sulfide) groups is 1. The maximum atomic E-state index is 12.7. The summed E-state index contributed by atoms with van der Waals surface area (Å²) >= 11 is 0.986. The van der Waals surface area contributed by atoms with Crippen molar-refractivity contribution in [1.29, 1.82) is 0 Å². The number of hydrogen-bond donors (Lipinski definition) is 1. The first-order valence-electron chi connectivity index (χ1n) is 8.64. The first-order chi connectivity index (χ1) is 12.0. The standard InChI is InChI=1S/C19H22N2O3S/c1-12(14-5-3-2-4-6-14)21-18(23)16(25-19(21)24)11-13-7-9-15(10-8-13)17(20)22/h7-12,14H,2-6H2,1H3,(H2,20,22). The molecular weight excluding hydrogens is 336 g/mol. The molecule has 0 spiro atoms. The molecule has 0 radical (unpaired) electrons. The molecule has 1 aromatic rings. The summed E-state index contributed by atoms with van der Waals surface area (Å²) in [4.78, 5) is 38.1. The summed E-state index contributed by atoms with van der Waals surface area (Å²) in [5.41, 5.74) is 6.40. The van der Waals surface area contributed by atoms with Crippen molar-refractivity contribution >= 4 is 34.9 Å². The van der Waals surface area contributed by atoms with E-state index in [9.17, 15) is 14.4 Å². The number of nitrogens with two attached hydrogens (primary N) is 1. The Morgan fingerprint density at radius 2 is 1.84 bits per heavy atom. The predicted molar refractivity (Wildman–Crippen MR) is 98.8 cm³/mol. The monoisotopic (exact) mass is 358 g/mol. The van der Waals surface area contributed by atoms with E-state index >= 15 is 0 Å². The van der Waals surface area contributed by atoms with E-state index in [4.69, 9.17) is 5.73 Å². The van der Waals surface area contributed by atoms with Crippen LogP contribution in [-0.4, -0.2) is 28.0 Å². The van der Waals surface area contributed by atoms with E-state index in [1.54, 1.807) is 30.3 Å². The average molecular weight is 358 g/mol.